The van der Waals surface area contributed by atoms with Crippen molar-refractivity contribution in [3.05, 3.63) is 11.6 Å². The molecule has 118 valence electrons. The molecule has 0 saturated heterocycles. The molecule has 0 radical (unpaired) electrons. The van der Waals surface area contributed by atoms with Crippen LogP contribution in [0, 0.1) is 0 Å². The Bertz CT molecular complexity index is 376. The molecule has 2 nitrogen and oxygen atoms in total. The van der Waals surface area contributed by atoms with Crippen molar-refractivity contribution in [2.75, 3.05) is 0 Å². The molecule has 0 atom stereocenters. The number of hydrogen-bond acceptors (Lipinski definition) is 2. The van der Waals surface area contributed by atoms with Crippen LogP contribution in [0.5, 0.6) is 0 Å². The molecule has 0 bridgehead atoms. The molecule has 0 saturated carbocycles. The van der Waals surface area contributed by atoms with Gasteiger partial charge in [0.1, 0.15) is 8.07 Å². The molecule has 0 aliphatic heterocycles. The Hall–Kier alpha value is -0.853. The minimum absolute atomic E-state index is 0.234. The van der Waals surface area contributed by atoms with E-state index in [4.69, 9.17) is 5.11 Å². The van der Waals surface area contributed by atoms with E-state index in [2.05, 4.69) is 0 Å². The Labute approximate surface area is 117 Å². The van der Waals surface area contributed by atoms with Gasteiger partial charge in [0.05, 0.1) is 0 Å². The topological polar surface area (TPSA) is 37.3 Å². The monoisotopic (exact) mass is 314 g/mol. The summed E-state index contributed by atoms with van der Waals surface area (Å²) >= 11 is 0. The third kappa shape index (κ3) is 3.24. The fourth-order valence-corrected chi connectivity index (χ4v) is 9.28. The maximum absolute atomic E-state index is 13.9. The van der Waals surface area contributed by atoms with Crippen molar-refractivity contribution < 1.29 is 27.5 Å². The number of alkyl halides is 3. The highest BCUT2D eigenvalue weighted by Crippen LogP contribution is 2.44. The zero-order valence-corrected chi connectivity index (χ0v) is 13.6. The van der Waals surface area contributed by atoms with Gasteiger partial charge in [0.2, 0.25) is 11.6 Å². The molecule has 0 aliphatic carbocycles. The summed E-state index contributed by atoms with van der Waals surface area (Å²) in [7, 11) is -3.07. The molecular formula is C13H22F4O2Si. The quantitative estimate of drug-likeness (QED) is 0.333. The van der Waals surface area contributed by atoms with Crippen molar-refractivity contribution in [3.8, 4) is 0 Å². The maximum Gasteiger partial charge on any atom is 0.451 e. The van der Waals surface area contributed by atoms with Crippen LogP contribution in [0.4, 0.5) is 17.6 Å². The Morgan fingerprint density at radius 3 is 1.45 bits per heavy atom. The minimum Gasteiger partial charge on any atom is -0.502 e. The Balaban J connectivity index is 6.07. The van der Waals surface area contributed by atoms with Crippen molar-refractivity contribution in [1.82, 2.24) is 0 Å². The van der Waals surface area contributed by atoms with E-state index >= 15 is 0 Å². The van der Waals surface area contributed by atoms with Gasteiger partial charge in [-0.25, -0.2) is 0 Å². The second-order valence-electron chi connectivity index (χ2n) is 5.89. The molecule has 1 N–H and O–H groups in total. The molecule has 0 aromatic heterocycles. The van der Waals surface area contributed by atoms with Crippen LogP contribution in [0.1, 0.15) is 41.5 Å². The van der Waals surface area contributed by atoms with E-state index in [1.54, 1.807) is 41.5 Å². The third-order valence-corrected chi connectivity index (χ3v) is 10.7. The summed E-state index contributed by atoms with van der Waals surface area (Å²) in [5.41, 5.74) is -0.703. The van der Waals surface area contributed by atoms with Gasteiger partial charge in [-0.1, -0.05) is 41.5 Å². The Kier molecular flexibility index (Phi) is 6.01. The van der Waals surface area contributed by atoms with Crippen LogP contribution < -0.4 is 0 Å². The average molecular weight is 314 g/mol. The minimum atomic E-state index is -5.25. The van der Waals surface area contributed by atoms with Gasteiger partial charge in [-0.15, -0.1) is 0 Å². The number of carbonyl (C=O) groups excluding carboxylic acids is 1. The molecule has 0 unspecified atom stereocenters. The van der Waals surface area contributed by atoms with Gasteiger partial charge in [0.25, 0.3) is 0 Å². The number of halogens is 4. The van der Waals surface area contributed by atoms with Crippen LogP contribution in [-0.2, 0) is 4.79 Å². The Morgan fingerprint density at radius 2 is 1.25 bits per heavy atom. The smallest absolute Gasteiger partial charge is 0.451 e. The summed E-state index contributed by atoms with van der Waals surface area (Å²) in [5.74, 6) is -4.46. The normalized spacial score (nSPS) is 15.1. The van der Waals surface area contributed by atoms with Gasteiger partial charge in [-0.05, 0) is 16.6 Å². The molecule has 0 aromatic carbocycles. The number of allylic oxidation sites excluding steroid dienone is 2. The lowest BCUT2D eigenvalue weighted by Gasteiger charge is -2.40. The van der Waals surface area contributed by atoms with Crippen molar-refractivity contribution in [1.29, 1.82) is 0 Å². The summed E-state index contributed by atoms with van der Waals surface area (Å²) in [6.07, 6.45) is -5.25. The van der Waals surface area contributed by atoms with Gasteiger partial charge in [0, 0.05) is 0 Å². The predicted octanol–water partition coefficient (Wildman–Crippen LogP) is 5.07. The van der Waals surface area contributed by atoms with Crippen LogP contribution in [0.2, 0.25) is 16.6 Å². The van der Waals surface area contributed by atoms with Crippen molar-refractivity contribution >= 4 is 13.5 Å². The van der Waals surface area contributed by atoms with E-state index in [0.717, 1.165) is 0 Å². The highest BCUT2D eigenvalue weighted by atomic mass is 28.3. The molecule has 7 heteroatoms. The van der Waals surface area contributed by atoms with E-state index < -0.39 is 31.2 Å². The fraction of sp³-hybridized carbons (Fsp3) is 0.769. The van der Waals surface area contributed by atoms with Crippen LogP contribution in [0.3, 0.4) is 0 Å². The lowest BCUT2D eigenvalue weighted by molar-refractivity contribution is -0.127. The summed E-state index contributed by atoms with van der Waals surface area (Å²) < 4.78 is 51.0. The van der Waals surface area contributed by atoms with E-state index in [9.17, 15) is 22.4 Å². The van der Waals surface area contributed by atoms with Crippen LogP contribution in [0.15, 0.2) is 11.6 Å². The van der Waals surface area contributed by atoms with Crippen LogP contribution in [0.25, 0.3) is 0 Å². The lowest BCUT2D eigenvalue weighted by Crippen LogP contribution is -2.53. The number of rotatable bonds is 5. The number of aliphatic hydroxyl groups excluding tert-OH is 1. The summed E-state index contributed by atoms with van der Waals surface area (Å²) in [6, 6.07) is 0. The van der Waals surface area contributed by atoms with E-state index in [0.29, 0.717) is 0 Å². The van der Waals surface area contributed by atoms with E-state index in [-0.39, 0.29) is 16.6 Å². The van der Waals surface area contributed by atoms with Gasteiger partial charge in [0.15, 0.2) is 5.41 Å². The number of aliphatic hydroxyl groups is 1. The van der Waals surface area contributed by atoms with E-state index in [1.165, 1.54) is 0 Å². The third-order valence-electron chi connectivity index (χ3n) is 3.94. The highest BCUT2D eigenvalue weighted by Gasteiger charge is 2.53. The zero-order valence-electron chi connectivity index (χ0n) is 12.6. The summed E-state index contributed by atoms with van der Waals surface area (Å²) in [5, 5.41) is 7.77. The van der Waals surface area contributed by atoms with Gasteiger partial charge >= 0.3 is 6.18 Å². The molecule has 0 heterocycles. The largest absolute Gasteiger partial charge is 0.502 e. The summed E-state index contributed by atoms with van der Waals surface area (Å²) in [4.78, 5) is 12.3. The SMILES string of the molecule is CC(C)[Si](C(=O)/C(F)=C(\O)C(F)(F)F)(C(C)C)C(C)C. The molecule has 20 heavy (non-hydrogen) atoms. The number of hydrogen-bond donors (Lipinski definition) is 1. The van der Waals surface area contributed by atoms with Crippen LogP contribution in [-0.4, -0.2) is 24.8 Å². The average Bonchev–Trinajstić information content (AvgIpc) is 2.24. The first kappa shape index (κ1) is 19.1. The van der Waals surface area contributed by atoms with E-state index in [1.807, 2.05) is 0 Å². The van der Waals surface area contributed by atoms with Crippen molar-refractivity contribution in [2.45, 2.75) is 64.3 Å². The predicted molar refractivity (Wildman–Crippen MR) is 72.9 cm³/mol. The second kappa shape index (κ2) is 6.28. The molecule has 0 spiro atoms. The molecule has 0 fully saturated rings. The van der Waals surface area contributed by atoms with Gasteiger partial charge in [-0.2, -0.15) is 17.6 Å². The van der Waals surface area contributed by atoms with Crippen LogP contribution >= 0.6 is 0 Å². The Morgan fingerprint density at radius 1 is 0.950 bits per heavy atom. The second-order valence-corrected chi connectivity index (χ2v) is 11.7. The molecule has 0 amide bonds. The van der Waals surface area contributed by atoms with Gasteiger partial charge in [-0.3, -0.25) is 4.79 Å². The molecular weight excluding hydrogens is 292 g/mol. The highest BCUT2D eigenvalue weighted by molar-refractivity contribution is 7.10. The van der Waals surface area contributed by atoms with Crippen molar-refractivity contribution in [2.24, 2.45) is 0 Å². The van der Waals surface area contributed by atoms with Crippen molar-refractivity contribution in [3.63, 3.8) is 0 Å². The first-order valence-corrected chi connectivity index (χ1v) is 8.75. The lowest BCUT2D eigenvalue weighted by atomic mass is 10.4. The first-order chi connectivity index (χ1) is 8.81. The maximum atomic E-state index is 13.9. The zero-order chi connectivity index (χ0) is 16.5. The standard InChI is InChI=1S/C13H22F4O2Si/c1-7(2)20(8(3)4,9(5)6)12(19)10(14)11(18)13(15,16)17/h7-9,18H,1-6H3/b11-10+. The molecule has 0 aromatic rings. The summed E-state index contributed by atoms with van der Waals surface area (Å²) in [6.45, 7) is 10.3. The van der Waals surface area contributed by atoms with Gasteiger partial charge < -0.3 is 5.11 Å². The molecule has 0 aliphatic rings. The molecule has 0 rings (SSSR count). The first-order valence-electron chi connectivity index (χ1n) is 6.51. The fourth-order valence-electron chi connectivity index (χ4n) is 3.21. The number of carbonyl (C=O) groups is 1.